The van der Waals surface area contributed by atoms with Crippen molar-refractivity contribution in [1.29, 1.82) is 0 Å². The van der Waals surface area contributed by atoms with Crippen molar-refractivity contribution in [2.75, 3.05) is 25.0 Å². The molecule has 0 saturated carbocycles. The Bertz CT molecular complexity index is 604. The summed E-state index contributed by atoms with van der Waals surface area (Å²) in [5.41, 5.74) is 1.66. The Balaban J connectivity index is 1.69. The van der Waals surface area contributed by atoms with Gasteiger partial charge in [-0.3, -0.25) is 4.79 Å². The van der Waals surface area contributed by atoms with Crippen molar-refractivity contribution >= 4 is 23.3 Å². The van der Waals surface area contributed by atoms with E-state index in [1.54, 1.807) is 4.90 Å². The van der Waals surface area contributed by atoms with Gasteiger partial charge in [-0.25, -0.2) is 4.79 Å². The zero-order valence-electron chi connectivity index (χ0n) is 15.5. The Hall–Kier alpha value is -2.57. The molecule has 7 nitrogen and oxygen atoms in total. The van der Waals surface area contributed by atoms with Gasteiger partial charge in [0.25, 0.3) is 5.91 Å². The fourth-order valence-electron chi connectivity index (χ4n) is 2.73. The molecule has 7 heteroatoms. The van der Waals surface area contributed by atoms with Gasteiger partial charge >= 0.3 is 6.03 Å². The average molecular weight is 360 g/mol. The molecule has 1 aromatic carbocycles. The van der Waals surface area contributed by atoms with E-state index < -0.39 is 0 Å². The first-order valence-electron chi connectivity index (χ1n) is 9.20. The molecule has 1 aliphatic rings. The number of hydrogen-bond acceptors (Lipinski definition) is 4. The summed E-state index contributed by atoms with van der Waals surface area (Å²) < 4.78 is 0. The number of urea groups is 1. The first kappa shape index (κ1) is 19.8. The zero-order chi connectivity index (χ0) is 18.8. The molecular formula is C19H28N4O3. The monoisotopic (exact) mass is 360 g/mol. The number of carbonyl (C=O) groups is 2. The summed E-state index contributed by atoms with van der Waals surface area (Å²) in [6.07, 6.45) is 3.10. The standard InChI is InChI=1S/C19H28N4O3/c1-3-15(4-2)20-18(24)14-26-22-17-10-12-23(13-11-17)19(25)21-16-8-6-5-7-9-16/h5-9,15H,3-4,10-14H2,1-2H3,(H,20,24)(H,21,25). The van der Waals surface area contributed by atoms with E-state index in [-0.39, 0.29) is 24.6 Å². The van der Waals surface area contributed by atoms with Crippen LogP contribution < -0.4 is 10.6 Å². The summed E-state index contributed by atoms with van der Waals surface area (Å²) in [5.74, 6) is -0.150. The number of oxime groups is 1. The molecule has 3 amide bonds. The van der Waals surface area contributed by atoms with Gasteiger partial charge in [0.05, 0.1) is 5.71 Å². The molecule has 0 radical (unpaired) electrons. The average Bonchev–Trinajstić information content (AvgIpc) is 2.67. The van der Waals surface area contributed by atoms with Crippen molar-refractivity contribution in [3.8, 4) is 0 Å². The predicted octanol–water partition coefficient (Wildman–Crippen LogP) is 2.99. The molecule has 0 aromatic heterocycles. The highest BCUT2D eigenvalue weighted by Gasteiger charge is 2.20. The first-order valence-corrected chi connectivity index (χ1v) is 9.20. The molecule has 1 aromatic rings. The summed E-state index contributed by atoms with van der Waals surface area (Å²) in [4.78, 5) is 30.9. The van der Waals surface area contributed by atoms with E-state index in [0.717, 1.165) is 24.2 Å². The number of amides is 3. The molecule has 26 heavy (non-hydrogen) atoms. The smallest absolute Gasteiger partial charge is 0.321 e. The second-order valence-electron chi connectivity index (χ2n) is 6.30. The van der Waals surface area contributed by atoms with Crippen LogP contribution in [0.5, 0.6) is 0 Å². The highest BCUT2D eigenvalue weighted by molar-refractivity contribution is 5.92. The normalized spacial score (nSPS) is 14.1. The number of hydrogen-bond donors (Lipinski definition) is 2. The molecule has 2 rings (SSSR count). The maximum Gasteiger partial charge on any atom is 0.321 e. The molecule has 0 bridgehead atoms. The largest absolute Gasteiger partial charge is 0.386 e. The summed E-state index contributed by atoms with van der Waals surface area (Å²) in [5, 5.41) is 9.84. The van der Waals surface area contributed by atoms with Gasteiger partial charge in [0.1, 0.15) is 0 Å². The molecule has 0 spiro atoms. The maximum absolute atomic E-state index is 12.2. The first-order chi connectivity index (χ1) is 12.6. The minimum Gasteiger partial charge on any atom is -0.386 e. The summed E-state index contributed by atoms with van der Waals surface area (Å²) in [6, 6.07) is 9.46. The molecule has 0 atom stereocenters. The van der Waals surface area contributed by atoms with E-state index in [4.69, 9.17) is 4.84 Å². The number of carbonyl (C=O) groups excluding carboxylic acids is 2. The molecule has 1 saturated heterocycles. The van der Waals surface area contributed by atoms with Crippen LogP contribution in [0.15, 0.2) is 35.5 Å². The third-order valence-corrected chi connectivity index (χ3v) is 4.39. The van der Waals surface area contributed by atoms with Crippen molar-refractivity contribution in [2.45, 2.75) is 45.6 Å². The number of nitrogens with one attached hydrogen (secondary N) is 2. The molecule has 1 aliphatic heterocycles. The minimum atomic E-state index is -0.150. The van der Waals surface area contributed by atoms with Crippen molar-refractivity contribution in [1.82, 2.24) is 10.2 Å². The Morgan fingerprint density at radius 1 is 1.15 bits per heavy atom. The lowest BCUT2D eigenvalue weighted by Crippen LogP contribution is -2.41. The molecule has 1 heterocycles. The second kappa shape index (κ2) is 10.4. The van der Waals surface area contributed by atoms with Crippen molar-refractivity contribution in [3.05, 3.63) is 30.3 Å². The predicted molar refractivity (Wildman–Crippen MR) is 102 cm³/mol. The van der Waals surface area contributed by atoms with E-state index in [9.17, 15) is 9.59 Å². The van der Waals surface area contributed by atoms with Crippen molar-refractivity contribution in [2.24, 2.45) is 5.16 Å². The van der Waals surface area contributed by atoms with E-state index in [1.165, 1.54) is 0 Å². The van der Waals surface area contributed by atoms with E-state index in [2.05, 4.69) is 15.8 Å². The van der Waals surface area contributed by atoms with Crippen LogP contribution in [0, 0.1) is 0 Å². The van der Waals surface area contributed by atoms with Crippen molar-refractivity contribution < 1.29 is 14.4 Å². The van der Waals surface area contributed by atoms with Crippen LogP contribution in [0.2, 0.25) is 0 Å². The highest BCUT2D eigenvalue weighted by atomic mass is 16.6. The van der Waals surface area contributed by atoms with Gasteiger partial charge in [-0.05, 0) is 25.0 Å². The topological polar surface area (TPSA) is 83.0 Å². The lowest BCUT2D eigenvalue weighted by atomic mass is 10.1. The number of nitrogens with zero attached hydrogens (tertiary/aromatic N) is 2. The lowest BCUT2D eigenvalue weighted by Gasteiger charge is -2.27. The summed E-state index contributed by atoms with van der Waals surface area (Å²) in [7, 11) is 0. The van der Waals surface area contributed by atoms with E-state index in [1.807, 2.05) is 44.2 Å². The number of benzene rings is 1. The molecular weight excluding hydrogens is 332 g/mol. The third kappa shape index (κ3) is 6.38. The maximum atomic E-state index is 12.2. The van der Waals surface area contributed by atoms with Crippen LogP contribution in [-0.2, 0) is 9.63 Å². The summed E-state index contributed by atoms with van der Waals surface area (Å²) in [6.45, 7) is 5.17. The van der Waals surface area contributed by atoms with Crippen LogP contribution in [0.1, 0.15) is 39.5 Å². The number of likely N-dealkylation sites (tertiary alicyclic amines) is 1. The Morgan fingerprint density at radius 3 is 2.42 bits per heavy atom. The van der Waals surface area contributed by atoms with Gasteiger partial charge in [0.2, 0.25) is 0 Å². The number of piperidine rings is 1. The Labute approximate surface area is 154 Å². The van der Waals surface area contributed by atoms with Gasteiger partial charge in [-0.1, -0.05) is 37.2 Å². The van der Waals surface area contributed by atoms with Crippen LogP contribution in [0.4, 0.5) is 10.5 Å². The molecule has 142 valence electrons. The zero-order valence-corrected chi connectivity index (χ0v) is 15.5. The van der Waals surface area contributed by atoms with Gasteiger partial charge in [-0.15, -0.1) is 0 Å². The van der Waals surface area contributed by atoms with Gasteiger partial charge in [0, 0.05) is 37.7 Å². The lowest BCUT2D eigenvalue weighted by molar-refractivity contribution is -0.126. The van der Waals surface area contributed by atoms with E-state index >= 15 is 0 Å². The van der Waals surface area contributed by atoms with Gasteiger partial charge in [-0.2, -0.15) is 0 Å². The number of rotatable bonds is 7. The van der Waals surface area contributed by atoms with Crippen LogP contribution in [0.3, 0.4) is 0 Å². The van der Waals surface area contributed by atoms with Crippen molar-refractivity contribution in [3.63, 3.8) is 0 Å². The molecule has 0 unspecified atom stereocenters. The Kier molecular flexibility index (Phi) is 7.92. The number of para-hydroxylation sites is 1. The number of anilines is 1. The van der Waals surface area contributed by atoms with Crippen LogP contribution >= 0.6 is 0 Å². The Morgan fingerprint density at radius 2 is 1.81 bits per heavy atom. The van der Waals surface area contributed by atoms with E-state index in [0.29, 0.717) is 25.9 Å². The SMILES string of the molecule is CCC(CC)NC(=O)CON=C1CCN(C(=O)Nc2ccccc2)CC1. The summed E-state index contributed by atoms with van der Waals surface area (Å²) >= 11 is 0. The second-order valence-corrected chi connectivity index (χ2v) is 6.30. The van der Waals surface area contributed by atoms with Crippen LogP contribution in [0.25, 0.3) is 0 Å². The fraction of sp³-hybridized carbons (Fsp3) is 0.526. The third-order valence-electron chi connectivity index (χ3n) is 4.39. The highest BCUT2D eigenvalue weighted by Crippen LogP contribution is 2.11. The fourth-order valence-corrected chi connectivity index (χ4v) is 2.73. The molecule has 0 aliphatic carbocycles. The quantitative estimate of drug-likeness (QED) is 0.733. The molecule has 2 N–H and O–H groups in total. The van der Waals surface area contributed by atoms with Crippen LogP contribution in [-0.4, -0.2) is 48.3 Å². The minimum absolute atomic E-state index is 0.0712. The molecule has 1 fully saturated rings. The van der Waals surface area contributed by atoms with Gasteiger partial charge in [0.15, 0.2) is 6.61 Å². The van der Waals surface area contributed by atoms with Gasteiger partial charge < -0.3 is 20.4 Å².